The minimum atomic E-state index is -0.211. The Morgan fingerprint density at radius 2 is 1.85 bits per heavy atom. The van der Waals surface area contributed by atoms with Crippen molar-refractivity contribution in [2.24, 2.45) is 0 Å². The average molecular weight is 184 g/mol. The smallest absolute Gasteiger partial charge is 0.302 e. The van der Waals surface area contributed by atoms with E-state index in [1.807, 2.05) is 0 Å². The van der Waals surface area contributed by atoms with Gasteiger partial charge >= 0.3 is 5.97 Å². The monoisotopic (exact) mass is 184 g/mol. The van der Waals surface area contributed by atoms with Crippen LogP contribution in [0.5, 0.6) is 0 Å². The molecule has 0 amide bonds. The van der Waals surface area contributed by atoms with E-state index in [9.17, 15) is 9.59 Å². The summed E-state index contributed by atoms with van der Waals surface area (Å²) in [7, 11) is 0. The molecule has 0 aromatic carbocycles. The molecule has 0 bridgehead atoms. The molecule has 0 aromatic rings. The summed E-state index contributed by atoms with van der Waals surface area (Å²) in [6.45, 7) is 1.43. The van der Waals surface area contributed by atoms with Crippen molar-refractivity contribution in [2.75, 3.05) is 0 Å². The van der Waals surface area contributed by atoms with E-state index < -0.39 is 0 Å². The summed E-state index contributed by atoms with van der Waals surface area (Å²) in [4.78, 5) is 21.7. The van der Waals surface area contributed by atoms with Crippen LogP contribution >= 0.6 is 0 Å². The van der Waals surface area contributed by atoms with Gasteiger partial charge in [0, 0.05) is 19.8 Å². The van der Waals surface area contributed by atoms with Gasteiger partial charge in [0.15, 0.2) is 0 Å². The first-order valence-corrected chi connectivity index (χ1v) is 4.87. The molecule has 1 aliphatic carbocycles. The van der Waals surface area contributed by atoms with E-state index in [1.54, 1.807) is 0 Å². The molecule has 0 unspecified atom stereocenters. The van der Waals surface area contributed by atoms with E-state index in [2.05, 4.69) is 0 Å². The lowest BCUT2D eigenvalue weighted by Gasteiger charge is -2.18. The summed E-state index contributed by atoms with van der Waals surface area (Å²) >= 11 is 0. The molecular formula is C10H16O3. The van der Waals surface area contributed by atoms with Crippen molar-refractivity contribution in [2.45, 2.75) is 51.6 Å². The summed E-state index contributed by atoms with van der Waals surface area (Å²) in [6.07, 6.45) is 4.74. The third-order valence-electron chi connectivity index (χ3n) is 2.30. The number of Topliss-reactive ketones (excluding diaryl/α,β-unsaturated/α-hetero) is 1. The van der Waals surface area contributed by atoms with Gasteiger partial charge in [-0.2, -0.15) is 0 Å². The third-order valence-corrected chi connectivity index (χ3v) is 2.30. The normalized spacial score (nSPS) is 20.5. The lowest BCUT2D eigenvalue weighted by molar-refractivity contribution is -0.147. The van der Waals surface area contributed by atoms with Crippen molar-refractivity contribution >= 4 is 11.8 Å². The van der Waals surface area contributed by atoms with E-state index in [0.29, 0.717) is 18.6 Å². The fourth-order valence-electron chi connectivity index (χ4n) is 1.68. The Bertz CT molecular complexity index is 186. The van der Waals surface area contributed by atoms with E-state index in [-0.39, 0.29) is 12.1 Å². The van der Waals surface area contributed by atoms with Crippen LogP contribution in [-0.4, -0.2) is 17.9 Å². The molecule has 1 aliphatic rings. The molecule has 0 radical (unpaired) electrons. The zero-order valence-electron chi connectivity index (χ0n) is 8.04. The Morgan fingerprint density at radius 1 is 1.31 bits per heavy atom. The Labute approximate surface area is 78.5 Å². The summed E-state index contributed by atoms with van der Waals surface area (Å²) in [6, 6.07) is 0. The Kier molecular flexibility index (Phi) is 3.93. The van der Waals surface area contributed by atoms with Crippen LogP contribution in [-0.2, 0) is 14.3 Å². The van der Waals surface area contributed by atoms with Gasteiger partial charge in [-0.15, -0.1) is 0 Å². The maximum absolute atomic E-state index is 11.1. The minimum absolute atomic E-state index is 0.0469. The van der Waals surface area contributed by atoms with Crippen LogP contribution in [0.1, 0.15) is 45.4 Å². The molecule has 13 heavy (non-hydrogen) atoms. The molecular weight excluding hydrogens is 168 g/mol. The van der Waals surface area contributed by atoms with Gasteiger partial charge in [-0.3, -0.25) is 9.59 Å². The number of ketones is 1. The number of ether oxygens (including phenoxy) is 1. The van der Waals surface area contributed by atoms with Crippen LogP contribution in [0.15, 0.2) is 0 Å². The van der Waals surface area contributed by atoms with Gasteiger partial charge < -0.3 is 4.74 Å². The molecule has 1 rings (SSSR count). The van der Waals surface area contributed by atoms with Crippen molar-refractivity contribution in [3.8, 4) is 0 Å². The van der Waals surface area contributed by atoms with Crippen molar-refractivity contribution in [1.82, 2.24) is 0 Å². The first-order valence-electron chi connectivity index (χ1n) is 4.87. The van der Waals surface area contributed by atoms with Gasteiger partial charge in [-0.05, 0) is 25.7 Å². The molecule has 0 aromatic heterocycles. The highest BCUT2D eigenvalue weighted by molar-refractivity contribution is 5.78. The highest BCUT2D eigenvalue weighted by Crippen LogP contribution is 2.17. The van der Waals surface area contributed by atoms with Crippen LogP contribution in [0.2, 0.25) is 0 Å². The number of hydrogen-bond acceptors (Lipinski definition) is 3. The largest absolute Gasteiger partial charge is 0.463 e. The zero-order valence-corrected chi connectivity index (χ0v) is 8.04. The molecule has 0 atom stereocenters. The maximum atomic E-state index is 11.1. The van der Waals surface area contributed by atoms with Gasteiger partial charge in [0.25, 0.3) is 0 Å². The highest BCUT2D eigenvalue weighted by atomic mass is 16.5. The molecule has 0 saturated heterocycles. The summed E-state index contributed by atoms with van der Waals surface area (Å²) in [5.41, 5.74) is 0. The van der Waals surface area contributed by atoms with E-state index in [4.69, 9.17) is 4.74 Å². The average Bonchev–Trinajstić information content (AvgIpc) is 1.99. The molecule has 0 N–H and O–H groups in total. The Morgan fingerprint density at radius 3 is 2.31 bits per heavy atom. The number of rotatable bonds is 1. The first-order chi connectivity index (χ1) is 6.18. The van der Waals surface area contributed by atoms with E-state index in [0.717, 1.165) is 25.7 Å². The summed E-state index contributed by atoms with van der Waals surface area (Å²) in [5, 5.41) is 0. The first kappa shape index (κ1) is 10.2. The molecule has 0 spiro atoms. The maximum Gasteiger partial charge on any atom is 0.302 e. The highest BCUT2D eigenvalue weighted by Gasteiger charge is 2.16. The second kappa shape index (κ2) is 5.00. The van der Waals surface area contributed by atoms with Crippen LogP contribution in [0.3, 0.4) is 0 Å². The topological polar surface area (TPSA) is 43.4 Å². The van der Waals surface area contributed by atoms with Gasteiger partial charge in [0.05, 0.1) is 0 Å². The number of carbonyl (C=O) groups is 2. The molecule has 0 aliphatic heterocycles. The predicted octanol–water partition coefficient (Wildman–Crippen LogP) is 1.84. The van der Waals surface area contributed by atoms with Crippen molar-refractivity contribution in [3.63, 3.8) is 0 Å². The van der Waals surface area contributed by atoms with Crippen LogP contribution in [0.4, 0.5) is 0 Å². The lowest BCUT2D eigenvalue weighted by atomic mass is 9.98. The van der Waals surface area contributed by atoms with Gasteiger partial charge in [0.2, 0.25) is 0 Å². The fourth-order valence-corrected chi connectivity index (χ4v) is 1.68. The Hall–Kier alpha value is -0.860. The molecule has 3 nitrogen and oxygen atoms in total. The third kappa shape index (κ3) is 4.06. The standard InChI is InChI=1S/C10H16O3/c1-8(11)13-10-6-2-4-9(12)5-3-7-10/h10H,2-7H2,1H3. The molecule has 1 saturated carbocycles. The fraction of sp³-hybridized carbons (Fsp3) is 0.800. The predicted molar refractivity (Wildman–Crippen MR) is 48.3 cm³/mol. The van der Waals surface area contributed by atoms with Crippen molar-refractivity contribution in [3.05, 3.63) is 0 Å². The van der Waals surface area contributed by atoms with Gasteiger partial charge in [-0.25, -0.2) is 0 Å². The quantitative estimate of drug-likeness (QED) is 0.584. The summed E-state index contributed by atoms with van der Waals surface area (Å²) < 4.78 is 5.11. The molecule has 74 valence electrons. The van der Waals surface area contributed by atoms with E-state index >= 15 is 0 Å². The molecule has 0 heterocycles. The van der Waals surface area contributed by atoms with E-state index in [1.165, 1.54) is 6.92 Å². The lowest BCUT2D eigenvalue weighted by Crippen LogP contribution is -2.19. The van der Waals surface area contributed by atoms with Gasteiger partial charge in [0.1, 0.15) is 11.9 Å². The number of esters is 1. The second-order valence-corrected chi connectivity index (χ2v) is 3.55. The van der Waals surface area contributed by atoms with Crippen LogP contribution < -0.4 is 0 Å². The number of hydrogen-bond donors (Lipinski definition) is 0. The minimum Gasteiger partial charge on any atom is -0.463 e. The number of carbonyl (C=O) groups excluding carboxylic acids is 2. The van der Waals surface area contributed by atoms with Crippen molar-refractivity contribution in [1.29, 1.82) is 0 Å². The molecule has 3 heteroatoms. The zero-order chi connectivity index (χ0) is 9.68. The molecule has 1 fully saturated rings. The van der Waals surface area contributed by atoms with Crippen LogP contribution in [0.25, 0.3) is 0 Å². The SMILES string of the molecule is CC(=O)OC1CCCC(=O)CCC1. The Balaban J connectivity index is 2.32. The van der Waals surface area contributed by atoms with Crippen LogP contribution in [0, 0.1) is 0 Å². The van der Waals surface area contributed by atoms with Gasteiger partial charge in [-0.1, -0.05) is 0 Å². The van der Waals surface area contributed by atoms with Crippen molar-refractivity contribution < 1.29 is 14.3 Å². The summed E-state index contributed by atoms with van der Waals surface area (Å²) in [5.74, 6) is 0.137. The second-order valence-electron chi connectivity index (χ2n) is 3.55.